The number of carboxylic acid groups (broad SMARTS) is 1. The Morgan fingerprint density at radius 1 is 1.54 bits per heavy atom. The number of aliphatic carboxylic acids is 1. The predicted molar refractivity (Wildman–Crippen MR) is 51.2 cm³/mol. The summed E-state index contributed by atoms with van der Waals surface area (Å²) in [6.07, 6.45) is 8.91. The van der Waals surface area contributed by atoms with Gasteiger partial charge in [0.2, 0.25) is 0 Å². The molecule has 70 valence electrons. The Morgan fingerprint density at radius 2 is 2.23 bits per heavy atom. The SMILES string of the molecule is CN(C)C=C1C=CC=CC1C(=O)O. The molecule has 0 spiro atoms. The molecule has 1 aliphatic carbocycles. The number of hydrogen-bond acceptors (Lipinski definition) is 2. The van der Waals surface area contributed by atoms with Crippen LogP contribution in [-0.2, 0) is 4.79 Å². The van der Waals surface area contributed by atoms with E-state index in [-0.39, 0.29) is 0 Å². The molecule has 1 aliphatic rings. The molecule has 0 aromatic carbocycles. The van der Waals surface area contributed by atoms with Crippen LogP contribution in [0.2, 0.25) is 0 Å². The van der Waals surface area contributed by atoms with Crippen molar-refractivity contribution in [2.75, 3.05) is 14.1 Å². The largest absolute Gasteiger partial charge is 0.481 e. The maximum absolute atomic E-state index is 10.8. The highest BCUT2D eigenvalue weighted by molar-refractivity contribution is 5.77. The third kappa shape index (κ3) is 2.47. The molecule has 3 heteroatoms. The minimum atomic E-state index is -0.811. The second kappa shape index (κ2) is 3.94. The van der Waals surface area contributed by atoms with Gasteiger partial charge in [-0.2, -0.15) is 0 Å². The van der Waals surface area contributed by atoms with Gasteiger partial charge in [-0.05, 0) is 5.57 Å². The van der Waals surface area contributed by atoms with E-state index in [4.69, 9.17) is 5.11 Å². The average molecular weight is 179 g/mol. The monoisotopic (exact) mass is 179 g/mol. The van der Waals surface area contributed by atoms with Gasteiger partial charge in [-0.25, -0.2) is 0 Å². The van der Waals surface area contributed by atoms with Crippen LogP contribution in [0, 0.1) is 5.92 Å². The van der Waals surface area contributed by atoms with Gasteiger partial charge >= 0.3 is 5.97 Å². The molecule has 0 radical (unpaired) electrons. The maximum Gasteiger partial charge on any atom is 0.314 e. The molecule has 0 fully saturated rings. The van der Waals surface area contributed by atoms with E-state index >= 15 is 0 Å². The Kier molecular flexibility index (Phi) is 2.90. The van der Waals surface area contributed by atoms with Gasteiger partial charge in [-0.1, -0.05) is 24.3 Å². The zero-order valence-corrected chi connectivity index (χ0v) is 7.77. The van der Waals surface area contributed by atoms with E-state index in [0.717, 1.165) is 5.57 Å². The van der Waals surface area contributed by atoms with E-state index in [1.54, 1.807) is 12.2 Å². The van der Waals surface area contributed by atoms with Gasteiger partial charge in [0.05, 0.1) is 0 Å². The van der Waals surface area contributed by atoms with E-state index in [1.165, 1.54) is 0 Å². The van der Waals surface area contributed by atoms with E-state index in [1.807, 2.05) is 37.3 Å². The molecule has 1 unspecified atom stereocenters. The van der Waals surface area contributed by atoms with Gasteiger partial charge in [-0.3, -0.25) is 4.79 Å². The molecule has 0 amide bonds. The standard InChI is InChI=1S/C10H13NO2/c1-11(2)7-8-5-3-4-6-9(8)10(12)13/h3-7,9H,1-2H3,(H,12,13). The first-order valence-electron chi connectivity index (χ1n) is 4.07. The van der Waals surface area contributed by atoms with E-state index < -0.39 is 11.9 Å². The van der Waals surface area contributed by atoms with Crippen molar-refractivity contribution in [3.8, 4) is 0 Å². The molecule has 3 nitrogen and oxygen atoms in total. The zero-order valence-electron chi connectivity index (χ0n) is 7.77. The molecule has 0 saturated carbocycles. The molecule has 1 N–H and O–H groups in total. The molecular weight excluding hydrogens is 166 g/mol. The van der Waals surface area contributed by atoms with Crippen LogP contribution in [0.4, 0.5) is 0 Å². The summed E-state index contributed by atoms with van der Waals surface area (Å²) in [6, 6.07) is 0. The third-order valence-corrected chi connectivity index (χ3v) is 1.74. The molecule has 0 aromatic heterocycles. The Balaban J connectivity index is 2.89. The van der Waals surface area contributed by atoms with Gasteiger partial charge in [0.1, 0.15) is 5.92 Å². The summed E-state index contributed by atoms with van der Waals surface area (Å²) in [7, 11) is 3.75. The van der Waals surface area contributed by atoms with Crippen LogP contribution in [0.25, 0.3) is 0 Å². The first-order chi connectivity index (χ1) is 6.11. The third-order valence-electron chi connectivity index (χ3n) is 1.74. The van der Waals surface area contributed by atoms with Crippen molar-refractivity contribution >= 4 is 5.97 Å². The lowest BCUT2D eigenvalue weighted by Crippen LogP contribution is -2.16. The number of allylic oxidation sites excluding steroid dienone is 3. The molecule has 0 bridgehead atoms. The Hall–Kier alpha value is -1.51. The van der Waals surface area contributed by atoms with Crippen LogP contribution < -0.4 is 0 Å². The molecule has 0 aromatic rings. The predicted octanol–water partition coefficient (Wildman–Crippen LogP) is 1.26. The average Bonchev–Trinajstić information content (AvgIpc) is 2.03. The highest BCUT2D eigenvalue weighted by Gasteiger charge is 2.18. The summed E-state index contributed by atoms with van der Waals surface area (Å²) >= 11 is 0. The zero-order chi connectivity index (χ0) is 9.84. The molecule has 1 atom stereocenters. The van der Waals surface area contributed by atoms with Gasteiger partial charge in [0.25, 0.3) is 0 Å². The first-order valence-corrected chi connectivity index (χ1v) is 4.07. The smallest absolute Gasteiger partial charge is 0.314 e. The molecular formula is C10H13NO2. The van der Waals surface area contributed by atoms with E-state index in [0.29, 0.717) is 0 Å². The van der Waals surface area contributed by atoms with Crippen molar-refractivity contribution in [1.82, 2.24) is 4.90 Å². The van der Waals surface area contributed by atoms with Crippen LogP contribution in [0.15, 0.2) is 36.1 Å². The van der Waals surface area contributed by atoms with Gasteiger partial charge in [0.15, 0.2) is 0 Å². The Bertz CT molecular complexity index is 287. The molecule has 13 heavy (non-hydrogen) atoms. The molecule has 0 saturated heterocycles. The van der Waals surface area contributed by atoms with Crippen molar-refractivity contribution < 1.29 is 9.90 Å². The first kappa shape index (κ1) is 9.58. The molecule has 0 aliphatic heterocycles. The number of carboxylic acids is 1. The normalized spacial score (nSPS) is 23.5. The maximum atomic E-state index is 10.8. The fraction of sp³-hybridized carbons (Fsp3) is 0.300. The van der Waals surface area contributed by atoms with Crippen molar-refractivity contribution in [1.29, 1.82) is 0 Å². The lowest BCUT2D eigenvalue weighted by Gasteiger charge is -2.15. The van der Waals surface area contributed by atoms with E-state index in [2.05, 4.69) is 0 Å². The number of carbonyl (C=O) groups is 1. The second-order valence-corrected chi connectivity index (χ2v) is 3.15. The van der Waals surface area contributed by atoms with Crippen molar-refractivity contribution in [3.63, 3.8) is 0 Å². The number of nitrogens with zero attached hydrogens (tertiary/aromatic N) is 1. The highest BCUT2D eigenvalue weighted by atomic mass is 16.4. The number of rotatable bonds is 2. The van der Waals surface area contributed by atoms with Crippen molar-refractivity contribution in [2.24, 2.45) is 5.92 Å². The van der Waals surface area contributed by atoms with E-state index in [9.17, 15) is 4.79 Å². The van der Waals surface area contributed by atoms with Gasteiger partial charge < -0.3 is 10.0 Å². The molecule has 0 heterocycles. The fourth-order valence-electron chi connectivity index (χ4n) is 1.20. The number of hydrogen-bond donors (Lipinski definition) is 1. The summed E-state index contributed by atoms with van der Waals surface area (Å²) < 4.78 is 0. The lowest BCUT2D eigenvalue weighted by atomic mass is 9.95. The summed E-state index contributed by atoms with van der Waals surface area (Å²) in [5.74, 6) is -1.32. The summed E-state index contributed by atoms with van der Waals surface area (Å²) in [6.45, 7) is 0. The fourth-order valence-corrected chi connectivity index (χ4v) is 1.20. The van der Waals surface area contributed by atoms with Gasteiger partial charge in [-0.15, -0.1) is 0 Å². The van der Waals surface area contributed by atoms with Crippen molar-refractivity contribution in [2.45, 2.75) is 0 Å². The quantitative estimate of drug-likeness (QED) is 0.693. The highest BCUT2D eigenvalue weighted by Crippen LogP contribution is 2.18. The topological polar surface area (TPSA) is 40.5 Å². The minimum Gasteiger partial charge on any atom is -0.481 e. The summed E-state index contributed by atoms with van der Waals surface area (Å²) in [5, 5.41) is 8.88. The molecule has 1 rings (SSSR count). The second-order valence-electron chi connectivity index (χ2n) is 3.15. The van der Waals surface area contributed by atoms with Crippen LogP contribution in [0.1, 0.15) is 0 Å². The summed E-state index contributed by atoms with van der Waals surface area (Å²) in [5.41, 5.74) is 0.806. The Labute approximate surface area is 77.7 Å². The minimum absolute atomic E-state index is 0.507. The summed E-state index contributed by atoms with van der Waals surface area (Å²) in [4.78, 5) is 12.6. The van der Waals surface area contributed by atoms with Crippen LogP contribution in [-0.4, -0.2) is 30.1 Å². The Morgan fingerprint density at radius 3 is 2.77 bits per heavy atom. The van der Waals surface area contributed by atoms with Crippen LogP contribution >= 0.6 is 0 Å². The van der Waals surface area contributed by atoms with Crippen molar-refractivity contribution in [3.05, 3.63) is 36.1 Å². The van der Waals surface area contributed by atoms with Crippen LogP contribution in [0.5, 0.6) is 0 Å². The van der Waals surface area contributed by atoms with Crippen LogP contribution in [0.3, 0.4) is 0 Å². The lowest BCUT2D eigenvalue weighted by molar-refractivity contribution is -0.138. The van der Waals surface area contributed by atoms with Gasteiger partial charge in [0, 0.05) is 20.3 Å².